The molecule has 1 atom stereocenters. The fourth-order valence-electron chi connectivity index (χ4n) is 3.89. The van der Waals surface area contributed by atoms with E-state index in [4.69, 9.17) is 5.73 Å². The van der Waals surface area contributed by atoms with Crippen molar-refractivity contribution in [1.29, 1.82) is 0 Å². The summed E-state index contributed by atoms with van der Waals surface area (Å²) < 4.78 is 0. The zero-order valence-corrected chi connectivity index (χ0v) is 18.4. The number of allylic oxidation sites excluding steroid dienone is 9. The van der Waals surface area contributed by atoms with E-state index >= 15 is 0 Å². The zero-order valence-electron chi connectivity index (χ0n) is 18.4. The van der Waals surface area contributed by atoms with Gasteiger partial charge in [-0.1, -0.05) is 61.9 Å². The Morgan fingerprint density at radius 3 is 2.37 bits per heavy atom. The van der Waals surface area contributed by atoms with Gasteiger partial charge in [0.2, 0.25) is 5.91 Å². The molecule has 0 radical (unpaired) electrons. The predicted molar refractivity (Wildman–Crippen MR) is 122 cm³/mol. The van der Waals surface area contributed by atoms with E-state index in [0.717, 1.165) is 27.9 Å². The zero-order chi connectivity index (χ0) is 22.5. The van der Waals surface area contributed by atoms with Gasteiger partial charge in [0, 0.05) is 18.4 Å². The maximum absolute atomic E-state index is 12.7. The minimum Gasteiger partial charge on any atom is -0.508 e. The molecule has 158 valence electrons. The monoisotopic (exact) mass is 405 g/mol. The highest BCUT2D eigenvalue weighted by Crippen LogP contribution is 2.49. The summed E-state index contributed by atoms with van der Waals surface area (Å²) in [6, 6.07) is 7.14. The Labute approximate surface area is 179 Å². The Balaban J connectivity index is 2.29. The largest absolute Gasteiger partial charge is 0.508 e. The van der Waals surface area contributed by atoms with Crippen molar-refractivity contribution in [1.82, 2.24) is 0 Å². The molecule has 3 N–H and O–H groups in total. The molecule has 0 bridgehead atoms. The summed E-state index contributed by atoms with van der Waals surface area (Å²) in [5, 5.41) is 9.60. The number of carbonyl (C=O) groups excluding carboxylic acids is 2. The van der Waals surface area contributed by atoms with Crippen molar-refractivity contribution < 1.29 is 14.7 Å². The highest BCUT2D eigenvalue weighted by molar-refractivity contribution is 5.98. The number of aromatic hydroxyl groups is 1. The number of Topliss-reactive ketones (excluding diaryl/α,β-unsaturated/α-hetero) is 1. The van der Waals surface area contributed by atoms with Crippen molar-refractivity contribution in [2.24, 2.45) is 11.1 Å². The molecular weight excluding hydrogens is 374 g/mol. The quantitative estimate of drug-likeness (QED) is 0.499. The van der Waals surface area contributed by atoms with Gasteiger partial charge in [-0.15, -0.1) is 0 Å². The van der Waals surface area contributed by atoms with E-state index in [2.05, 4.69) is 13.8 Å². The van der Waals surface area contributed by atoms with Gasteiger partial charge in [-0.3, -0.25) is 9.59 Å². The number of carbonyl (C=O) groups is 2. The van der Waals surface area contributed by atoms with Crippen LogP contribution in [0.25, 0.3) is 0 Å². The second kappa shape index (κ2) is 9.57. The van der Waals surface area contributed by atoms with E-state index in [1.807, 2.05) is 63.3 Å². The van der Waals surface area contributed by atoms with Crippen LogP contribution in [0.2, 0.25) is 0 Å². The van der Waals surface area contributed by atoms with Gasteiger partial charge in [0.25, 0.3) is 0 Å². The first-order valence-electron chi connectivity index (χ1n) is 10.1. The normalized spacial score (nSPS) is 20.4. The molecule has 0 saturated heterocycles. The molecule has 0 heterocycles. The van der Waals surface area contributed by atoms with E-state index in [1.54, 1.807) is 12.1 Å². The predicted octanol–water partition coefficient (Wildman–Crippen LogP) is 5.28. The Kier molecular flexibility index (Phi) is 7.38. The second-order valence-electron chi connectivity index (χ2n) is 8.43. The number of hydrogen-bond acceptors (Lipinski definition) is 3. The first-order chi connectivity index (χ1) is 14.0. The van der Waals surface area contributed by atoms with Crippen LogP contribution < -0.4 is 5.73 Å². The topological polar surface area (TPSA) is 80.4 Å². The smallest absolute Gasteiger partial charge is 0.241 e. The Morgan fingerprint density at radius 1 is 1.13 bits per heavy atom. The van der Waals surface area contributed by atoms with Crippen LogP contribution in [0.15, 0.2) is 83.0 Å². The van der Waals surface area contributed by atoms with E-state index < -0.39 is 5.91 Å². The van der Waals surface area contributed by atoms with Gasteiger partial charge < -0.3 is 10.8 Å². The average Bonchev–Trinajstić information content (AvgIpc) is 2.65. The van der Waals surface area contributed by atoms with Crippen LogP contribution in [-0.4, -0.2) is 16.8 Å². The second-order valence-corrected chi connectivity index (χ2v) is 8.43. The lowest BCUT2D eigenvalue weighted by atomic mass is 9.62. The fraction of sp³-hybridized carbons (Fsp3) is 0.308. The van der Waals surface area contributed by atoms with Crippen molar-refractivity contribution >= 4 is 11.7 Å². The van der Waals surface area contributed by atoms with Crippen molar-refractivity contribution in [3.05, 3.63) is 88.6 Å². The van der Waals surface area contributed by atoms with Crippen molar-refractivity contribution in [2.45, 2.75) is 47.0 Å². The molecule has 4 nitrogen and oxygen atoms in total. The minimum atomic E-state index is -0.465. The van der Waals surface area contributed by atoms with Crippen molar-refractivity contribution in [3.63, 3.8) is 0 Å². The molecule has 1 aliphatic rings. The van der Waals surface area contributed by atoms with Crippen LogP contribution >= 0.6 is 0 Å². The average molecular weight is 406 g/mol. The molecule has 0 fully saturated rings. The Morgan fingerprint density at radius 2 is 1.77 bits per heavy atom. The number of phenolic OH excluding ortho intramolecular Hbond substituents is 1. The van der Waals surface area contributed by atoms with Crippen LogP contribution in [0.5, 0.6) is 5.75 Å². The summed E-state index contributed by atoms with van der Waals surface area (Å²) in [6.45, 7) is 10.0. The maximum atomic E-state index is 12.7. The third-order valence-electron chi connectivity index (χ3n) is 5.67. The lowest BCUT2D eigenvalue weighted by Crippen LogP contribution is -2.32. The molecule has 0 aliphatic heterocycles. The first-order valence-corrected chi connectivity index (χ1v) is 10.1. The number of phenols is 1. The molecule has 0 spiro atoms. The highest BCUT2D eigenvalue weighted by Gasteiger charge is 2.40. The van der Waals surface area contributed by atoms with Crippen molar-refractivity contribution in [2.75, 3.05) is 0 Å². The van der Waals surface area contributed by atoms with Gasteiger partial charge in [0.15, 0.2) is 5.78 Å². The number of benzene rings is 1. The van der Waals surface area contributed by atoms with E-state index in [1.165, 1.54) is 6.08 Å². The molecule has 0 saturated carbocycles. The molecule has 4 heteroatoms. The molecule has 30 heavy (non-hydrogen) atoms. The molecule has 1 aromatic rings. The molecular formula is C26H31NO3. The van der Waals surface area contributed by atoms with Crippen molar-refractivity contribution in [3.8, 4) is 5.75 Å². The number of nitrogens with two attached hydrogens (primary N) is 1. The van der Waals surface area contributed by atoms with E-state index in [-0.39, 0.29) is 22.9 Å². The van der Waals surface area contributed by atoms with Gasteiger partial charge >= 0.3 is 0 Å². The number of primary amides is 1. The molecule has 2 rings (SSSR count). The third kappa shape index (κ3) is 5.69. The Hall–Kier alpha value is -3.14. The number of ketones is 1. The number of rotatable bonds is 6. The highest BCUT2D eigenvalue weighted by atomic mass is 16.3. The Bertz CT molecular complexity index is 970. The first kappa shape index (κ1) is 23.1. The maximum Gasteiger partial charge on any atom is 0.241 e. The van der Waals surface area contributed by atoms with Gasteiger partial charge in [0.05, 0.1) is 0 Å². The summed E-state index contributed by atoms with van der Waals surface area (Å²) in [7, 11) is 0. The molecule has 1 aromatic carbocycles. The van der Waals surface area contributed by atoms with Gasteiger partial charge in [-0.25, -0.2) is 0 Å². The lowest BCUT2D eigenvalue weighted by molar-refractivity contribution is -0.117. The molecule has 1 unspecified atom stereocenters. The van der Waals surface area contributed by atoms with E-state index in [0.29, 0.717) is 6.42 Å². The van der Waals surface area contributed by atoms with Crippen LogP contribution in [-0.2, 0) is 9.59 Å². The van der Waals surface area contributed by atoms with Gasteiger partial charge in [-0.2, -0.15) is 0 Å². The summed E-state index contributed by atoms with van der Waals surface area (Å²) in [5.74, 6) is -0.0479. The van der Waals surface area contributed by atoms with E-state index in [9.17, 15) is 14.7 Å². The molecule has 0 aromatic heterocycles. The van der Waals surface area contributed by atoms with Crippen LogP contribution in [0.1, 0.15) is 52.5 Å². The van der Waals surface area contributed by atoms with Gasteiger partial charge in [0.1, 0.15) is 5.75 Å². The molecule has 1 aliphatic carbocycles. The number of amides is 1. The minimum absolute atomic E-state index is 0.0414. The van der Waals surface area contributed by atoms with Crippen LogP contribution in [0.3, 0.4) is 0 Å². The summed E-state index contributed by atoms with van der Waals surface area (Å²) in [4.78, 5) is 23.6. The summed E-state index contributed by atoms with van der Waals surface area (Å²) >= 11 is 0. The summed E-state index contributed by atoms with van der Waals surface area (Å²) in [6.07, 6.45) is 11.5. The van der Waals surface area contributed by atoms with Crippen LogP contribution in [0, 0.1) is 5.41 Å². The summed E-state index contributed by atoms with van der Waals surface area (Å²) in [5.41, 5.74) is 9.59. The standard InChI is InChI=1S/C26H31NO3/c1-17(7-6-8-18(2)15-25(27)30)9-14-22-19(3)24(29)16-23(26(22,4)5)20-10-12-21(28)13-11-20/h6-15,23,28H,16H2,1-5H3,(H2,27,30)/b8-6+,14-9+,17-7+,18-15+. The lowest BCUT2D eigenvalue weighted by Gasteiger charge is -2.40. The van der Waals surface area contributed by atoms with Crippen LogP contribution in [0.4, 0.5) is 0 Å². The van der Waals surface area contributed by atoms with Gasteiger partial charge in [-0.05, 0) is 60.6 Å². The molecule has 1 amide bonds. The SMILES string of the molecule is CC1=C(/C=C/C(C)=C/C=C/C(C)=C/C(N)=O)C(C)(C)C(c2ccc(O)cc2)CC1=O. The fourth-order valence-corrected chi connectivity index (χ4v) is 3.89. The third-order valence-corrected chi connectivity index (χ3v) is 5.67. The number of hydrogen-bond donors (Lipinski definition) is 2.